The lowest BCUT2D eigenvalue weighted by Crippen LogP contribution is -2.46. The molecule has 2 aliphatic heterocycles. The van der Waals surface area contributed by atoms with Gasteiger partial charge in [-0.25, -0.2) is 4.98 Å². The first-order valence-corrected chi connectivity index (χ1v) is 7.24. The molecule has 3 heterocycles. The first kappa shape index (κ1) is 12.7. The number of amides is 1. The fourth-order valence-corrected chi connectivity index (χ4v) is 3.36. The highest BCUT2D eigenvalue weighted by atomic mass is 16.2. The summed E-state index contributed by atoms with van der Waals surface area (Å²) in [4.78, 5) is 18.5. The Balaban J connectivity index is 1.67. The summed E-state index contributed by atoms with van der Waals surface area (Å²) in [6.07, 6.45) is 8.25. The summed E-state index contributed by atoms with van der Waals surface area (Å²) in [5.74, 6) is 0.746. The fourth-order valence-electron chi connectivity index (χ4n) is 3.36. The molecule has 19 heavy (non-hydrogen) atoms. The molecule has 2 unspecified atom stereocenters. The number of likely N-dealkylation sites (tertiary alicyclic amines) is 1. The molecule has 2 atom stereocenters. The Morgan fingerprint density at radius 3 is 3.00 bits per heavy atom. The summed E-state index contributed by atoms with van der Waals surface area (Å²) in [7, 11) is 1.88. The number of hydrogen-bond donors (Lipinski definition) is 1. The lowest BCUT2D eigenvalue weighted by Gasteiger charge is -2.35. The van der Waals surface area contributed by atoms with Gasteiger partial charge >= 0.3 is 0 Å². The van der Waals surface area contributed by atoms with Gasteiger partial charge in [-0.2, -0.15) is 0 Å². The molecule has 2 aliphatic rings. The zero-order valence-electron chi connectivity index (χ0n) is 11.5. The molecule has 1 aromatic rings. The highest BCUT2D eigenvalue weighted by molar-refractivity contribution is 5.92. The lowest BCUT2D eigenvalue weighted by atomic mass is 9.89. The molecule has 0 bridgehead atoms. The molecule has 0 radical (unpaired) electrons. The van der Waals surface area contributed by atoms with E-state index in [2.05, 4.69) is 10.3 Å². The van der Waals surface area contributed by atoms with Crippen molar-refractivity contribution in [1.82, 2.24) is 19.8 Å². The number of carbonyl (C=O) groups is 1. The lowest BCUT2D eigenvalue weighted by molar-refractivity contribution is 0.0641. The monoisotopic (exact) mass is 262 g/mol. The third-order valence-electron chi connectivity index (χ3n) is 4.45. The van der Waals surface area contributed by atoms with Crippen LogP contribution in [0.15, 0.2) is 12.5 Å². The Bertz CT molecular complexity index is 450. The van der Waals surface area contributed by atoms with Crippen molar-refractivity contribution in [2.45, 2.75) is 31.7 Å². The average molecular weight is 262 g/mol. The van der Waals surface area contributed by atoms with E-state index in [0.717, 1.165) is 26.1 Å². The molecule has 0 saturated carbocycles. The van der Waals surface area contributed by atoms with Crippen molar-refractivity contribution in [3.05, 3.63) is 18.2 Å². The van der Waals surface area contributed by atoms with E-state index in [4.69, 9.17) is 0 Å². The van der Waals surface area contributed by atoms with Gasteiger partial charge in [0, 0.05) is 26.2 Å². The summed E-state index contributed by atoms with van der Waals surface area (Å²) < 4.78 is 1.81. The normalized spacial score (nSPS) is 27.7. The van der Waals surface area contributed by atoms with Gasteiger partial charge < -0.3 is 14.8 Å². The summed E-state index contributed by atoms with van der Waals surface area (Å²) >= 11 is 0. The van der Waals surface area contributed by atoms with E-state index < -0.39 is 0 Å². The Kier molecular flexibility index (Phi) is 3.55. The zero-order chi connectivity index (χ0) is 13.2. The number of nitrogens with one attached hydrogen (secondary N) is 1. The Morgan fingerprint density at radius 2 is 2.32 bits per heavy atom. The van der Waals surface area contributed by atoms with Crippen LogP contribution in [0.5, 0.6) is 0 Å². The molecule has 5 heteroatoms. The minimum atomic E-state index is 0.127. The molecule has 2 saturated heterocycles. The molecule has 0 spiro atoms. The third kappa shape index (κ3) is 2.52. The van der Waals surface area contributed by atoms with Crippen LogP contribution < -0.4 is 5.32 Å². The molecule has 0 aliphatic carbocycles. The van der Waals surface area contributed by atoms with E-state index in [-0.39, 0.29) is 5.91 Å². The highest BCUT2D eigenvalue weighted by Gasteiger charge is 2.31. The molecule has 1 amide bonds. The number of aromatic nitrogens is 2. The number of carbonyl (C=O) groups excluding carboxylic acids is 1. The van der Waals surface area contributed by atoms with Gasteiger partial charge in [0.25, 0.3) is 5.91 Å². The molecular weight excluding hydrogens is 240 g/mol. The maximum atomic E-state index is 12.5. The largest absolute Gasteiger partial charge is 0.337 e. The van der Waals surface area contributed by atoms with E-state index in [0.29, 0.717) is 17.7 Å². The average Bonchev–Trinajstić information content (AvgIpc) is 3.09. The first-order chi connectivity index (χ1) is 9.25. The highest BCUT2D eigenvalue weighted by Crippen LogP contribution is 2.25. The van der Waals surface area contributed by atoms with Crippen molar-refractivity contribution in [2.75, 3.05) is 19.6 Å². The van der Waals surface area contributed by atoms with Crippen molar-refractivity contribution in [1.29, 1.82) is 0 Å². The second-order valence-electron chi connectivity index (χ2n) is 5.75. The maximum Gasteiger partial charge on any atom is 0.272 e. The smallest absolute Gasteiger partial charge is 0.272 e. The standard InChI is InChI=1S/C14H22N4O/c1-17-10-15-8-13(17)14(19)18-7-3-4-11(9-18)12-5-2-6-16-12/h8,10-12,16H,2-7,9H2,1H3. The van der Waals surface area contributed by atoms with E-state index >= 15 is 0 Å². The van der Waals surface area contributed by atoms with Gasteiger partial charge in [-0.3, -0.25) is 4.79 Å². The number of aryl methyl sites for hydroxylation is 1. The van der Waals surface area contributed by atoms with Gasteiger partial charge in [0.05, 0.1) is 12.5 Å². The van der Waals surface area contributed by atoms with Gasteiger partial charge in [0.15, 0.2) is 0 Å². The van der Waals surface area contributed by atoms with E-state index in [9.17, 15) is 4.79 Å². The van der Waals surface area contributed by atoms with Gasteiger partial charge in [-0.05, 0) is 38.1 Å². The Hall–Kier alpha value is -1.36. The Labute approximate surface area is 114 Å². The predicted octanol–water partition coefficient (Wildman–Crippen LogP) is 1.02. The first-order valence-electron chi connectivity index (χ1n) is 7.24. The number of piperidine rings is 1. The van der Waals surface area contributed by atoms with Crippen molar-refractivity contribution in [2.24, 2.45) is 13.0 Å². The minimum Gasteiger partial charge on any atom is -0.337 e. The van der Waals surface area contributed by atoms with Crippen LogP contribution in [0.25, 0.3) is 0 Å². The van der Waals surface area contributed by atoms with Crippen molar-refractivity contribution < 1.29 is 4.79 Å². The molecular formula is C14H22N4O. The van der Waals surface area contributed by atoms with Crippen LogP contribution in [0.3, 0.4) is 0 Å². The third-order valence-corrected chi connectivity index (χ3v) is 4.45. The molecule has 5 nitrogen and oxygen atoms in total. The van der Waals surface area contributed by atoms with Gasteiger partial charge in [0.2, 0.25) is 0 Å². The van der Waals surface area contributed by atoms with E-state index in [1.165, 1.54) is 19.3 Å². The number of nitrogens with zero attached hydrogens (tertiary/aromatic N) is 3. The second-order valence-corrected chi connectivity index (χ2v) is 5.75. The molecule has 1 aromatic heterocycles. The summed E-state index contributed by atoms with van der Waals surface area (Å²) in [5, 5.41) is 3.58. The second kappa shape index (κ2) is 5.33. The van der Waals surface area contributed by atoms with Crippen LogP contribution in [-0.4, -0.2) is 46.0 Å². The van der Waals surface area contributed by atoms with Crippen molar-refractivity contribution >= 4 is 5.91 Å². The fraction of sp³-hybridized carbons (Fsp3) is 0.714. The number of hydrogen-bond acceptors (Lipinski definition) is 3. The van der Waals surface area contributed by atoms with Gasteiger partial charge in [-0.1, -0.05) is 0 Å². The van der Waals surface area contributed by atoms with Gasteiger partial charge in [-0.15, -0.1) is 0 Å². The SMILES string of the molecule is Cn1cncc1C(=O)N1CCCC(C2CCCN2)C1. The molecule has 0 aromatic carbocycles. The minimum absolute atomic E-state index is 0.127. The summed E-state index contributed by atoms with van der Waals surface area (Å²) in [6.45, 7) is 2.91. The van der Waals surface area contributed by atoms with Crippen molar-refractivity contribution in [3.8, 4) is 0 Å². The van der Waals surface area contributed by atoms with Gasteiger partial charge in [0.1, 0.15) is 5.69 Å². The summed E-state index contributed by atoms with van der Waals surface area (Å²) in [5.41, 5.74) is 0.694. The zero-order valence-corrected chi connectivity index (χ0v) is 11.5. The van der Waals surface area contributed by atoms with Crippen molar-refractivity contribution in [3.63, 3.8) is 0 Å². The molecule has 3 rings (SSSR count). The molecule has 1 N–H and O–H groups in total. The van der Waals surface area contributed by atoms with E-state index in [1.807, 2.05) is 11.9 Å². The maximum absolute atomic E-state index is 12.5. The molecule has 2 fully saturated rings. The number of imidazole rings is 1. The topological polar surface area (TPSA) is 50.2 Å². The van der Waals surface area contributed by atoms with Crippen LogP contribution in [0, 0.1) is 5.92 Å². The summed E-state index contributed by atoms with van der Waals surface area (Å²) in [6, 6.07) is 0.613. The number of rotatable bonds is 2. The quantitative estimate of drug-likeness (QED) is 0.866. The van der Waals surface area contributed by atoms with Crippen LogP contribution in [0.1, 0.15) is 36.2 Å². The Morgan fingerprint density at radius 1 is 1.42 bits per heavy atom. The van der Waals surface area contributed by atoms with Crippen LogP contribution in [-0.2, 0) is 7.05 Å². The predicted molar refractivity (Wildman–Crippen MR) is 72.9 cm³/mol. The van der Waals surface area contributed by atoms with Crippen LogP contribution in [0.4, 0.5) is 0 Å². The molecule has 104 valence electrons. The van der Waals surface area contributed by atoms with E-state index in [1.54, 1.807) is 17.1 Å². The van der Waals surface area contributed by atoms with Crippen LogP contribution >= 0.6 is 0 Å². The van der Waals surface area contributed by atoms with Crippen LogP contribution in [0.2, 0.25) is 0 Å².